The quantitative estimate of drug-likeness (QED) is 0.370. The van der Waals surface area contributed by atoms with Crippen LogP contribution < -0.4 is 4.74 Å². The fourth-order valence-electron chi connectivity index (χ4n) is 5.19. The van der Waals surface area contributed by atoms with Crippen LogP contribution in [0.4, 0.5) is 0 Å². The normalized spacial score (nSPS) is 17.3. The van der Waals surface area contributed by atoms with E-state index in [0.717, 1.165) is 22.3 Å². The number of hydrogen-bond donors (Lipinski definition) is 0. The molecule has 3 aromatic rings. The molecule has 2 heterocycles. The van der Waals surface area contributed by atoms with E-state index in [-0.39, 0.29) is 11.7 Å². The molecule has 34 heavy (non-hydrogen) atoms. The first-order valence-electron chi connectivity index (χ1n) is 11.9. The molecule has 172 valence electrons. The van der Waals surface area contributed by atoms with Gasteiger partial charge in [-0.25, -0.2) is 0 Å². The third kappa shape index (κ3) is 4.28. The van der Waals surface area contributed by atoms with Crippen LogP contribution in [-0.2, 0) is 4.79 Å². The van der Waals surface area contributed by atoms with Gasteiger partial charge in [0, 0.05) is 31.5 Å². The van der Waals surface area contributed by atoms with Crippen molar-refractivity contribution in [1.82, 2.24) is 4.90 Å². The van der Waals surface area contributed by atoms with Crippen LogP contribution in [0.25, 0.3) is 11.6 Å². The first-order chi connectivity index (χ1) is 16.4. The van der Waals surface area contributed by atoms with Gasteiger partial charge in [-0.3, -0.25) is 9.59 Å². The minimum atomic E-state index is -0.531. The SMILES string of the molecule is Cc1cc(C)c2c(c1)OC1(CCN(C(=O)/C(=C\c3ccccc3)c3ccccc3)CC1)CC2=O. The number of ether oxygens (including phenoxy) is 1. The summed E-state index contributed by atoms with van der Waals surface area (Å²) in [5, 5.41) is 0. The summed E-state index contributed by atoms with van der Waals surface area (Å²) in [6.07, 6.45) is 3.62. The van der Waals surface area contributed by atoms with E-state index in [1.807, 2.05) is 97.6 Å². The van der Waals surface area contributed by atoms with Crippen molar-refractivity contribution in [1.29, 1.82) is 0 Å². The summed E-state index contributed by atoms with van der Waals surface area (Å²) >= 11 is 0. The number of piperidine rings is 1. The smallest absolute Gasteiger partial charge is 0.254 e. The van der Waals surface area contributed by atoms with Gasteiger partial charge in [-0.1, -0.05) is 66.7 Å². The molecule has 0 unspecified atom stereocenters. The number of ketones is 1. The third-order valence-electron chi connectivity index (χ3n) is 6.92. The van der Waals surface area contributed by atoms with Crippen LogP contribution in [-0.4, -0.2) is 35.3 Å². The van der Waals surface area contributed by atoms with Gasteiger partial charge < -0.3 is 9.64 Å². The second-order valence-corrected chi connectivity index (χ2v) is 9.47. The second kappa shape index (κ2) is 8.94. The Morgan fingerprint density at radius 3 is 2.26 bits per heavy atom. The Kier molecular flexibility index (Phi) is 5.82. The van der Waals surface area contributed by atoms with Gasteiger partial charge in [0.05, 0.1) is 12.0 Å². The van der Waals surface area contributed by atoms with Crippen LogP contribution >= 0.6 is 0 Å². The number of amides is 1. The van der Waals surface area contributed by atoms with Crippen LogP contribution in [0.3, 0.4) is 0 Å². The van der Waals surface area contributed by atoms with Gasteiger partial charge in [0.1, 0.15) is 11.4 Å². The molecule has 4 heteroatoms. The molecular weight excluding hydrogens is 422 g/mol. The highest BCUT2D eigenvalue weighted by Gasteiger charge is 2.44. The maximum atomic E-state index is 13.7. The molecule has 0 bridgehead atoms. The molecule has 0 aromatic heterocycles. The Bertz CT molecular complexity index is 1250. The van der Waals surface area contributed by atoms with Gasteiger partial charge in [-0.05, 0) is 48.2 Å². The molecule has 1 fully saturated rings. The predicted molar refractivity (Wildman–Crippen MR) is 135 cm³/mol. The van der Waals surface area contributed by atoms with Gasteiger partial charge in [0.25, 0.3) is 5.91 Å². The van der Waals surface area contributed by atoms with E-state index in [4.69, 9.17) is 4.74 Å². The Morgan fingerprint density at radius 1 is 0.941 bits per heavy atom. The molecule has 1 amide bonds. The summed E-state index contributed by atoms with van der Waals surface area (Å²) in [7, 11) is 0. The van der Waals surface area contributed by atoms with Crippen molar-refractivity contribution in [2.75, 3.05) is 13.1 Å². The average molecular weight is 452 g/mol. The molecule has 0 N–H and O–H groups in total. The number of aryl methyl sites for hydroxylation is 2. The lowest BCUT2D eigenvalue weighted by atomic mass is 9.81. The zero-order valence-electron chi connectivity index (χ0n) is 19.7. The van der Waals surface area contributed by atoms with Gasteiger partial charge in [-0.15, -0.1) is 0 Å². The summed E-state index contributed by atoms with van der Waals surface area (Å²) < 4.78 is 6.49. The van der Waals surface area contributed by atoms with Crippen LogP contribution in [0.5, 0.6) is 5.75 Å². The number of carbonyl (C=O) groups is 2. The van der Waals surface area contributed by atoms with E-state index in [0.29, 0.717) is 49.2 Å². The van der Waals surface area contributed by atoms with Crippen LogP contribution in [0.1, 0.15) is 51.9 Å². The number of rotatable bonds is 3. The van der Waals surface area contributed by atoms with Gasteiger partial charge in [0.2, 0.25) is 0 Å². The van der Waals surface area contributed by atoms with Crippen molar-refractivity contribution in [3.63, 3.8) is 0 Å². The summed E-state index contributed by atoms with van der Waals surface area (Å²) in [5.74, 6) is 0.856. The van der Waals surface area contributed by atoms with E-state index in [2.05, 4.69) is 0 Å². The number of carbonyl (C=O) groups excluding carboxylic acids is 2. The maximum Gasteiger partial charge on any atom is 0.254 e. The van der Waals surface area contributed by atoms with E-state index in [1.54, 1.807) is 0 Å². The third-order valence-corrected chi connectivity index (χ3v) is 6.92. The molecule has 0 atom stereocenters. The summed E-state index contributed by atoms with van der Waals surface area (Å²) in [6, 6.07) is 23.7. The standard InChI is InChI=1S/C30H29NO3/c1-21-17-22(2)28-26(32)20-30(34-27(28)18-21)13-15-31(16-14-30)29(33)25(24-11-7-4-8-12-24)19-23-9-5-3-6-10-23/h3-12,17-19H,13-16,20H2,1-2H3/b25-19-. The predicted octanol–water partition coefficient (Wildman–Crippen LogP) is 5.87. The van der Waals surface area contributed by atoms with E-state index < -0.39 is 5.60 Å². The lowest BCUT2D eigenvalue weighted by molar-refractivity contribution is -0.128. The molecule has 5 rings (SSSR count). The van der Waals surface area contributed by atoms with Crippen molar-refractivity contribution < 1.29 is 14.3 Å². The monoisotopic (exact) mass is 451 g/mol. The molecule has 3 aromatic carbocycles. The van der Waals surface area contributed by atoms with E-state index in [1.165, 1.54) is 0 Å². The molecular formula is C30H29NO3. The Hall–Kier alpha value is -3.66. The van der Waals surface area contributed by atoms with Crippen molar-refractivity contribution in [2.24, 2.45) is 0 Å². The molecule has 0 aliphatic carbocycles. The Morgan fingerprint density at radius 2 is 1.59 bits per heavy atom. The van der Waals surface area contributed by atoms with Crippen molar-refractivity contribution in [3.05, 3.63) is 101 Å². The first kappa shape index (κ1) is 22.1. The minimum Gasteiger partial charge on any atom is -0.486 e. The maximum absolute atomic E-state index is 13.7. The van der Waals surface area contributed by atoms with Crippen LogP contribution in [0.15, 0.2) is 72.8 Å². The van der Waals surface area contributed by atoms with Gasteiger partial charge in [-0.2, -0.15) is 0 Å². The van der Waals surface area contributed by atoms with Crippen LogP contribution in [0, 0.1) is 13.8 Å². The summed E-state index contributed by atoms with van der Waals surface area (Å²) in [4.78, 5) is 28.6. The van der Waals surface area contributed by atoms with Crippen molar-refractivity contribution in [2.45, 2.75) is 38.7 Å². The first-order valence-corrected chi connectivity index (χ1v) is 11.9. The second-order valence-electron chi connectivity index (χ2n) is 9.47. The number of benzene rings is 3. The molecule has 2 aliphatic rings. The van der Waals surface area contributed by atoms with E-state index >= 15 is 0 Å². The van der Waals surface area contributed by atoms with E-state index in [9.17, 15) is 9.59 Å². The Balaban J connectivity index is 1.38. The lowest BCUT2D eigenvalue weighted by Crippen LogP contribution is -2.52. The fraction of sp³-hybridized carbons (Fsp3) is 0.267. The minimum absolute atomic E-state index is 0.0131. The highest BCUT2D eigenvalue weighted by atomic mass is 16.5. The number of hydrogen-bond acceptors (Lipinski definition) is 3. The lowest BCUT2D eigenvalue weighted by Gasteiger charge is -2.44. The van der Waals surface area contributed by atoms with Crippen LogP contribution in [0.2, 0.25) is 0 Å². The topological polar surface area (TPSA) is 46.6 Å². The summed E-state index contributed by atoms with van der Waals surface area (Å²) in [5.41, 5.74) is 4.82. The molecule has 0 saturated carbocycles. The molecule has 4 nitrogen and oxygen atoms in total. The molecule has 1 saturated heterocycles. The van der Waals surface area contributed by atoms with Crippen molar-refractivity contribution >= 4 is 23.3 Å². The number of fused-ring (bicyclic) bond motifs is 1. The number of nitrogens with zero attached hydrogens (tertiary/aromatic N) is 1. The highest BCUT2D eigenvalue weighted by Crippen LogP contribution is 2.41. The molecule has 0 radical (unpaired) electrons. The van der Waals surface area contributed by atoms with Gasteiger partial charge >= 0.3 is 0 Å². The van der Waals surface area contributed by atoms with Crippen molar-refractivity contribution in [3.8, 4) is 5.75 Å². The fourth-order valence-corrected chi connectivity index (χ4v) is 5.19. The Labute approximate surface area is 200 Å². The number of likely N-dealkylation sites (tertiary alicyclic amines) is 1. The highest BCUT2D eigenvalue weighted by molar-refractivity contribution is 6.24. The van der Waals surface area contributed by atoms with Gasteiger partial charge in [0.15, 0.2) is 5.78 Å². The zero-order valence-corrected chi connectivity index (χ0v) is 19.7. The largest absolute Gasteiger partial charge is 0.486 e. The number of Topliss-reactive ketones (excluding diaryl/α,β-unsaturated/α-hetero) is 1. The molecule has 2 aliphatic heterocycles. The zero-order chi connectivity index (χ0) is 23.7. The molecule has 1 spiro atoms. The summed E-state index contributed by atoms with van der Waals surface area (Å²) in [6.45, 7) is 5.11. The average Bonchev–Trinajstić information content (AvgIpc) is 2.83.